The van der Waals surface area contributed by atoms with Crippen molar-refractivity contribution in [1.29, 1.82) is 0 Å². The van der Waals surface area contributed by atoms with Gasteiger partial charge in [-0.1, -0.05) is 12.1 Å². The first kappa shape index (κ1) is 18.0. The molecule has 0 amide bonds. The summed E-state index contributed by atoms with van der Waals surface area (Å²) in [4.78, 5) is 33.0. The van der Waals surface area contributed by atoms with Crippen molar-refractivity contribution in [3.8, 4) is 5.75 Å². The molecular formula is C14H15NO8. The minimum Gasteiger partial charge on any atom is -0.497 e. The van der Waals surface area contributed by atoms with Gasteiger partial charge < -0.3 is 20.1 Å². The number of methoxy groups -OCH3 is 1. The van der Waals surface area contributed by atoms with Crippen LogP contribution < -0.4 is 4.74 Å². The molecule has 0 aliphatic rings. The molecule has 0 aliphatic carbocycles. The number of rotatable bonds is 7. The van der Waals surface area contributed by atoms with Crippen LogP contribution in [-0.4, -0.2) is 39.1 Å². The van der Waals surface area contributed by atoms with Gasteiger partial charge in [-0.15, -0.1) is 0 Å². The Bertz CT molecular complexity index is 631. The fourth-order valence-electron chi connectivity index (χ4n) is 2.20. The zero-order valence-corrected chi connectivity index (χ0v) is 12.3. The van der Waals surface area contributed by atoms with Crippen LogP contribution in [0, 0.1) is 16.0 Å². The molecule has 0 heterocycles. The van der Waals surface area contributed by atoms with Crippen molar-refractivity contribution in [3.63, 3.8) is 0 Å². The average molecular weight is 325 g/mol. The maximum absolute atomic E-state index is 11.7. The van der Waals surface area contributed by atoms with E-state index in [0.717, 1.165) is 6.92 Å². The van der Waals surface area contributed by atoms with Crippen LogP contribution in [0.3, 0.4) is 0 Å². The number of allylic oxidation sites excluding steroid dienone is 1. The number of carboxylic acid groups (broad SMARTS) is 1. The topological polar surface area (TPSA) is 147 Å². The Balaban J connectivity index is 3.58. The second-order valence-corrected chi connectivity index (χ2v) is 4.64. The summed E-state index contributed by atoms with van der Waals surface area (Å²) in [5.74, 6) is -7.24. The molecule has 0 saturated heterocycles. The summed E-state index contributed by atoms with van der Waals surface area (Å²) < 4.78 is 4.93. The quantitative estimate of drug-likeness (QED) is 0.296. The number of nitrogens with zero attached hydrogens (tertiary/aromatic N) is 1. The number of nitro groups is 1. The number of carbonyl (C=O) groups excluding carboxylic acids is 1. The lowest BCUT2D eigenvalue weighted by molar-refractivity contribution is -0.436. The van der Waals surface area contributed by atoms with Crippen molar-refractivity contribution in [2.75, 3.05) is 7.11 Å². The van der Waals surface area contributed by atoms with Crippen LogP contribution in [0.5, 0.6) is 5.75 Å². The van der Waals surface area contributed by atoms with Crippen molar-refractivity contribution in [1.82, 2.24) is 0 Å². The highest BCUT2D eigenvalue weighted by atomic mass is 16.6. The Morgan fingerprint density at radius 1 is 1.17 bits per heavy atom. The van der Waals surface area contributed by atoms with E-state index in [2.05, 4.69) is 0 Å². The highest BCUT2D eigenvalue weighted by Crippen LogP contribution is 2.35. The molecule has 0 aliphatic heterocycles. The van der Waals surface area contributed by atoms with E-state index in [4.69, 9.17) is 4.74 Å². The van der Waals surface area contributed by atoms with Gasteiger partial charge in [0.2, 0.25) is 0 Å². The Kier molecular flexibility index (Phi) is 5.66. The Morgan fingerprint density at radius 2 is 1.70 bits per heavy atom. The number of Topliss-reactive ketones (excluding diaryl/α,β-unsaturated/α-hetero) is 1. The van der Waals surface area contributed by atoms with Gasteiger partial charge in [0.05, 0.1) is 12.0 Å². The molecule has 2 atom stereocenters. The molecule has 0 radical (unpaired) electrons. The molecule has 23 heavy (non-hydrogen) atoms. The van der Waals surface area contributed by atoms with Crippen LogP contribution in [0.4, 0.5) is 0 Å². The van der Waals surface area contributed by atoms with E-state index in [-0.39, 0.29) is 5.56 Å². The second kappa shape index (κ2) is 7.25. The van der Waals surface area contributed by atoms with Gasteiger partial charge in [-0.05, 0) is 24.6 Å². The van der Waals surface area contributed by atoms with Gasteiger partial charge in [0.25, 0.3) is 0 Å². The minimum atomic E-state index is -1.85. The number of ketones is 1. The molecule has 9 heteroatoms. The van der Waals surface area contributed by atoms with Gasteiger partial charge in [0.1, 0.15) is 23.4 Å². The van der Waals surface area contributed by atoms with Gasteiger partial charge in [0, 0.05) is 0 Å². The molecule has 1 rings (SSSR count). The summed E-state index contributed by atoms with van der Waals surface area (Å²) in [7, 11) is 1.39. The fraction of sp³-hybridized carbons (Fsp3) is 0.286. The fourth-order valence-corrected chi connectivity index (χ4v) is 2.20. The third-order valence-corrected chi connectivity index (χ3v) is 3.23. The van der Waals surface area contributed by atoms with Gasteiger partial charge in [-0.25, -0.2) is 0 Å². The van der Waals surface area contributed by atoms with E-state index in [1.54, 1.807) is 0 Å². The standard InChI is InChI=1S/C14H15NO8/c1-7(16)10(13(17)18)11(12(14(19)20)15(21)22)8-3-5-9(23-2)6-4-8/h3-6,10-11,19-20H,1-2H3,(H,17,18). The number of carbonyl (C=O) groups is 2. The summed E-state index contributed by atoms with van der Waals surface area (Å²) in [6.07, 6.45) is 0. The maximum atomic E-state index is 11.7. The zero-order valence-electron chi connectivity index (χ0n) is 12.3. The molecule has 0 spiro atoms. The molecule has 2 unspecified atom stereocenters. The summed E-state index contributed by atoms with van der Waals surface area (Å²) in [5.41, 5.74) is -1.11. The molecule has 0 bridgehead atoms. The van der Waals surface area contributed by atoms with Gasteiger partial charge >= 0.3 is 17.6 Å². The monoisotopic (exact) mass is 325 g/mol. The van der Waals surface area contributed by atoms with Crippen LogP contribution in [0.1, 0.15) is 18.4 Å². The van der Waals surface area contributed by atoms with E-state index in [1.807, 2.05) is 0 Å². The van der Waals surface area contributed by atoms with E-state index in [9.17, 15) is 35.0 Å². The molecule has 9 nitrogen and oxygen atoms in total. The molecule has 124 valence electrons. The van der Waals surface area contributed by atoms with Crippen LogP contribution in [0.25, 0.3) is 0 Å². The normalized spacial score (nSPS) is 12.8. The zero-order chi connectivity index (χ0) is 17.7. The maximum Gasteiger partial charge on any atom is 0.351 e. The minimum absolute atomic E-state index is 0.0562. The molecule has 1 aromatic carbocycles. The summed E-state index contributed by atoms with van der Waals surface area (Å²) in [5, 5.41) is 38.7. The van der Waals surface area contributed by atoms with Crippen molar-refractivity contribution in [3.05, 3.63) is 51.6 Å². The number of ether oxygens (including phenoxy) is 1. The molecule has 0 aromatic heterocycles. The molecule has 3 N–H and O–H groups in total. The first-order chi connectivity index (χ1) is 10.7. The Hall–Kier alpha value is -3.10. The highest BCUT2D eigenvalue weighted by Gasteiger charge is 2.44. The number of aliphatic hydroxyl groups excluding tert-OH is 1. The molecule has 0 saturated carbocycles. The number of hydrogen-bond acceptors (Lipinski definition) is 7. The van der Waals surface area contributed by atoms with Crippen molar-refractivity contribution >= 4 is 11.8 Å². The van der Waals surface area contributed by atoms with Crippen LogP contribution >= 0.6 is 0 Å². The van der Waals surface area contributed by atoms with Crippen LogP contribution in [0.2, 0.25) is 0 Å². The number of benzene rings is 1. The van der Waals surface area contributed by atoms with Gasteiger partial charge in [0.15, 0.2) is 0 Å². The van der Waals surface area contributed by atoms with Crippen LogP contribution in [-0.2, 0) is 9.59 Å². The van der Waals surface area contributed by atoms with E-state index >= 15 is 0 Å². The number of carboxylic acids is 1. The molecule has 1 aromatic rings. The lowest BCUT2D eigenvalue weighted by Gasteiger charge is -2.20. The first-order valence-electron chi connectivity index (χ1n) is 6.34. The third kappa shape index (κ3) is 3.96. The Morgan fingerprint density at radius 3 is 2.00 bits per heavy atom. The lowest BCUT2D eigenvalue weighted by Crippen LogP contribution is -2.32. The summed E-state index contributed by atoms with van der Waals surface area (Å²) in [6, 6.07) is 5.45. The second-order valence-electron chi connectivity index (χ2n) is 4.64. The molecule has 0 fully saturated rings. The van der Waals surface area contributed by atoms with E-state index in [1.165, 1.54) is 31.4 Å². The highest BCUT2D eigenvalue weighted by molar-refractivity contribution is 5.98. The van der Waals surface area contributed by atoms with Gasteiger partial charge in [-0.2, -0.15) is 0 Å². The number of aliphatic carboxylic acids is 1. The average Bonchev–Trinajstić information content (AvgIpc) is 2.45. The molecular weight excluding hydrogens is 310 g/mol. The van der Waals surface area contributed by atoms with E-state index < -0.39 is 40.2 Å². The smallest absolute Gasteiger partial charge is 0.351 e. The van der Waals surface area contributed by atoms with Crippen molar-refractivity contribution < 1.29 is 34.6 Å². The summed E-state index contributed by atoms with van der Waals surface area (Å²) >= 11 is 0. The number of aliphatic hydroxyl groups is 2. The van der Waals surface area contributed by atoms with E-state index in [0.29, 0.717) is 5.75 Å². The SMILES string of the molecule is COc1ccc(C(C(=C(O)O)[N+](=O)[O-])C(C(C)=O)C(=O)O)cc1. The van der Waals surface area contributed by atoms with Crippen molar-refractivity contribution in [2.24, 2.45) is 5.92 Å². The largest absolute Gasteiger partial charge is 0.497 e. The predicted molar refractivity (Wildman–Crippen MR) is 76.8 cm³/mol. The number of hydrogen-bond donors (Lipinski definition) is 3. The van der Waals surface area contributed by atoms with Crippen LogP contribution in [0.15, 0.2) is 35.9 Å². The third-order valence-electron chi connectivity index (χ3n) is 3.23. The van der Waals surface area contributed by atoms with Gasteiger partial charge in [-0.3, -0.25) is 19.7 Å². The first-order valence-corrected chi connectivity index (χ1v) is 6.34. The van der Waals surface area contributed by atoms with Crippen molar-refractivity contribution in [2.45, 2.75) is 12.8 Å². The Labute approximate surface area is 130 Å². The predicted octanol–water partition coefficient (Wildman–Crippen LogP) is 1.63. The summed E-state index contributed by atoms with van der Waals surface area (Å²) in [6.45, 7) is 0.960. The lowest BCUT2D eigenvalue weighted by atomic mass is 9.81.